The largest absolute Gasteiger partial charge is 0.390 e. The third kappa shape index (κ3) is 2.44. The molecule has 4 fully saturated rings. The van der Waals surface area contributed by atoms with Crippen LogP contribution >= 0.6 is 0 Å². The van der Waals surface area contributed by atoms with Gasteiger partial charge in [-0.05, 0) is 79.4 Å². The van der Waals surface area contributed by atoms with Crippen LogP contribution in [0.5, 0.6) is 0 Å². The van der Waals surface area contributed by atoms with Crippen molar-refractivity contribution >= 4 is 5.91 Å². The van der Waals surface area contributed by atoms with Crippen LogP contribution in [0.1, 0.15) is 65.7 Å². The van der Waals surface area contributed by atoms with E-state index in [4.69, 9.17) is 0 Å². The summed E-state index contributed by atoms with van der Waals surface area (Å²) in [5, 5.41) is 25.3. The molecule has 0 saturated heterocycles. The van der Waals surface area contributed by atoms with Crippen LogP contribution in [0.3, 0.4) is 0 Å². The van der Waals surface area contributed by atoms with E-state index in [9.17, 15) is 15.0 Å². The van der Waals surface area contributed by atoms with Crippen LogP contribution in [-0.2, 0) is 4.79 Å². The molecule has 26 heavy (non-hydrogen) atoms. The Hall–Kier alpha value is -0.870. The molecule has 0 heterocycles. The summed E-state index contributed by atoms with van der Waals surface area (Å²) in [7, 11) is 0. The van der Waals surface area contributed by atoms with Gasteiger partial charge in [-0.2, -0.15) is 0 Å². The maximum Gasteiger partial charge on any atom is 0.217 e. The van der Waals surface area contributed by atoms with Gasteiger partial charge in [0.15, 0.2) is 0 Å². The van der Waals surface area contributed by atoms with Gasteiger partial charge in [-0.15, -0.1) is 0 Å². The highest BCUT2D eigenvalue weighted by atomic mass is 16.3. The first kappa shape index (κ1) is 18.5. The van der Waals surface area contributed by atoms with Crippen LogP contribution in [0, 0.1) is 34.5 Å². The Morgan fingerprint density at radius 3 is 2.50 bits per heavy atom. The van der Waals surface area contributed by atoms with Crippen molar-refractivity contribution < 1.29 is 15.0 Å². The summed E-state index contributed by atoms with van der Waals surface area (Å²) >= 11 is 0. The molecule has 4 aliphatic rings. The van der Waals surface area contributed by atoms with E-state index < -0.39 is 12.2 Å². The van der Waals surface area contributed by atoms with Gasteiger partial charge in [-0.3, -0.25) is 4.79 Å². The van der Waals surface area contributed by atoms with E-state index in [0.717, 1.165) is 44.9 Å². The molecule has 4 saturated carbocycles. The average Bonchev–Trinajstić information content (AvgIpc) is 2.88. The molecule has 4 rings (SSSR count). The van der Waals surface area contributed by atoms with Crippen molar-refractivity contribution in [3.05, 3.63) is 12.2 Å². The number of fused-ring (bicyclic) bond motifs is 5. The maximum absolute atomic E-state index is 11.5. The predicted molar refractivity (Wildman–Crippen MR) is 101 cm³/mol. The molecule has 4 aliphatic carbocycles. The molecule has 0 spiro atoms. The first-order chi connectivity index (χ1) is 12.2. The normalized spacial score (nSPS) is 53.4. The van der Waals surface area contributed by atoms with Crippen molar-refractivity contribution in [2.45, 2.75) is 84.0 Å². The summed E-state index contributed by atoms with van der Waals surface area (Å²) in [4.78, 5) is 11.5. The van der Waals surface area contributed by atoms with Crippen molar-refractivity contribution in [2.75, 3.05) is 0 Å². The molecule has 3 N–H and O–H groups in total. The monoisotopic (exact) mass is 361 g/mol. The highest BCUT2D eigenvalue weighted by Crippen LogP contribution is 2.67. The fourth-order valence-electron chi connectivity index (χ4n) is 7.59. The van der Waals surface area contributed by atoms with Gasteiger partial charge < -0.3 is 15.5 Å². The maximum atomic E-state index is 11.5. The summed E-state index contributed by atoms with van der Waals surface area (Å²) in [6, 6.07) is 0.129. The lowest BCUT2D eigenvalue weighted by atomic mass is 9.43. The quantitative estimate of drug-likeness (QED) is 0.629. The summed E-state index contributed by atoms with van der Waals surface area (Å²) in [6.07, 6.45) is 5.92. The first-order valence-corrected chi connectivity index (χ1v) is 10.5. The lowest BCUT2D eigenvalue weighted by Gasteiger charge is -2.63. The predicted octanol–water partition coefficient (Wildman–Crippen LogP) is 3.03. The number of amides is 1. The summed E-state index contributed by atoms with van der Waals surface area (Å²) < 4.78 is 0. The topological polar surface area (TPSA) is 69.6 Å². The van der Waals surface area contributed by atoms with E-state index in [0.29, 0.717) is 11.8 Å². The van der Waals surface area contributed by atoms with Crippen LogP contribution in [0.4, 0.5) is 0 Å². The number of hydrogen-bond donors (Lipinski definition) is 3. The molecular weight excluding hydrogens is 326 g/mol. The van der Waals surface area contributed by atoms with Crippen LogP contribution in [0.2, 0.25) is 0 Å². The third-order valence-electron chi connectivity index (χ3n) is 9.12. The Morgan fingerprint density at radius 1 is 1.08 bits per heavy atom. The zero-order chi connectivity index (χ0) is 18.9. The van der Waals surface area contributed by atoms with Crippen molar-refractivity contribution in [2.24, 2.45) is 34.5 Å². The molecule has 0 aromatic carbocycles. The van der Waals surface area contributed by atoms with E-state index in [1.165, 1.54) is 5.57 Å². The van der Waals surface area contributed by atoms with Gasteiger partial charge in [-0.25, -0.2) is 0 Å². The van der Waals surface area contributed by atoms with Crippen molar-refractivity contribution in [3.8, 4) is 0 Å². The molecule has 4 heteroatoms. The summed E-state index contributed by atoms with van der Waals surface area (Å²) in [5.74, 6) is 1.16. The van der Waals surface area contributed by atoms with Gasteiger partial charge in [0.05, 0.1) is 12.2 Å². The summed E-state index contributed by atoms with van der Waals surface area (Å²) in [6.45, 7) is 10.6. The third-order valence-corrected chi connectivity index (χ3v) is 9.12. The van der Waals surface area contributed by atoms with Crippen LogP contribution < -0.4 is 5.32 Å². The average molecular weight is 362 g/mol. The number of carbonyl (C=O) groups excluding carboxylic acids is 1. The Balaban J connectivity index is 1.64. The number of carbonyl (C=O) groups is 1. The Labute approximate surface area is 157 Å². The van der Waals surface area contributed by atoms with E-state index in [1.54, 1.807) is 6.92 Å². The minimum absolute atomic E-state index is 0.000211. The van der Waals surface area contributed by atoms with Gasteiger partial charge in [0, 0.05) is 13.0 Å². The lowest BCUT2D eigenvalue weighted by Crippen LogP contribution is -2.64. The van der Waals surface area contributed by atoms with E-state index in [2.05, 4.69) is 25.7 Å². The molecule has 0 aromatic rings. The highest BCUT2D eigenvalue weighted by Gasteiger charge is 2.63. The molecule has 146 valence electrons. The van der Waals surface area contributed by atoms with Crippen molar-refractivity contribution in [3.63, 3.8) is 0 Å². The number of nitrogens with one attached hydrogen (secondary N) is 1. The molecular formula is C22H35NO3. The molecule has 4 unspecified atom stereocenters. The number of rotatable bonds is 1. The van der Waals surface area contributed by atoms with Gasteiger partial charge in [-0.1, -0.05) is 26.0 Å². The highest BCUT2D eigenvalue weighted by molar-refractivity contribution is 5.73. The molecule has 1 amide bonds. The Kier molecular flexibility index (Phi) is 4.31. The van der Waals surface area contributed by atoms with Crippen molar-refractivity contribution in [1.82, 2.24) is 5.32 Å². The van der Waals surface area contributed by atoms with E-state index in [1.807, 2.05) is 0 Å². The number of aliphatic hydroxyl groups excluding tert-OH is 2. The smallest absolute Gasteiger partial charge is 0.217 e. The fourth-order valence-corrected chi connectivity index (χ4v) is 7.59. The van der Waals surface area contributed by atoms with Gasteiger partial charge >= 0.3 is 0 Å². The molecule has 0 aliphatic heterocycles. The minimum Gasteiger partial charge on any atom is -0.390 e. The van der Waals surface area contributed by atoms with Gasteiger partial charge in [0.1, 0.15) is 0 Å². The second-order valence-corrected chi connectivity index (χ2v) is 10.2. The SMILES string of the molecule is C=C1CCC2C3C(CC[C@]12C)[C@@]1(C)CC[C@@H](NC(C)=O)CC1[C@@H](O)[C@@H]3O. The number of hydrogen-bond acceptors (Lipinski definition) is 3. The number of aliphatic hydroxyl groups is 2. The zero-order valence-corrected chi connectivity index (χ0v) is 16.5. The lowest BCUT2D eigenvalue weighted by molar-refractivity contribution is -0.211. The molecule has 0 bridgehead atoms. The standard InChI is InChI=1S/C22H35NO3/c1-12-5-6-15-18-16(8-10-21(12,15)3)22(4)9-7-14(23-13(2)24)11-17(22)19(25)20(18)26/h14-20,25-26H,1,5-11H2,2-4H3,(H,23,24)/t14-,15?,16?,17?,18?,19-,20-,21-,22-/m1/s1. The van der Waals surface area contributed by atoms with Crippen LogP contribution in [0.15, 0.2) is 12.2 Å². The Bertz CT molecular complexity index is 619. The second kappa shape index (κ2) is 6.07. The fraction of sp³-hybridized carbons (Fsp3) is 0.864. The van der Waals surface area contributed by atoms with E-state index in [-0.39, 0.29) is 34.6 Å². The molecule has 0 aromatic heterocycles. The molecule has 0 radical (unpaired) electrons. The Morgan fingerprint density at radius 2 is 1.81 bits per heavy atom. The van der Waals surface area contributed by atoms with Gasteiger partial charge in [0.2, 0.25) is 5.91 Å². The van der Waals surface area contributed by atoms with Gasteiger partial charge in [0.25, 0.3) is 0 Å². The van der Waals surface area contributed by atoms with Crippen LogP contribution in [-0.4, -0.2) is 34.4 Å². The molecule has 4 nitrogen and oxygen atoms in total. The first-order valence-electron chi connectivity index (χ1n) is 10.5. The number of allylic oxidation sites excluding steroid dienone is 1. The van der Waals surface area contributed by atoms with Crippen LogP contribution in [0.25, 0.3) is 0 Å². The zero-order valence-electron chi connectivity index (χ0n) is 16.5. The van der Waals surface area contributed by atoms with Crippen molar-refractivity contribution in [1.29, 1.82) is 0 Å². The van der Waals surface area contributed by atoms with E-state index >= 15 is 0 Å². The second-order valence-electron chi connectivity index (χ2n) is 10.2. The molecule has 9 atom stereocenters. The summed E-state index contributed by atoms with van der Waals surface area (Å²) in [5.41, 5.74) is 1.55. The minimum atomic E-state index is -0.686.